The highest BCUT2D eigenvalue weighted by Gasteiger charge is 2.13. The molecule has 108 valence electrons. The minimum Gasteiger partial charge on any atom is -0.366 e. The average Bonchev–Trinajstić information content (AvgIpc) is 2.81. The zero-order valence-corrected chi connectivity index (χ0v) is 11.7. The predicted molar refractivity (Wildman–Crippen MR) is 77.0 cm³/mol. The number of piperidine rings is 1. The first-order valence-electron chi connectivity index (χ1n) is 7.14. The van der Waals surface area contributed by atoms with Crippen molar-refractivity contribution in [3.63, 3.8) is 0 Å². The van der Waals surface area contributed by atoms with Gasteiger partial charge in [-0.15, -0.1) is 0 Å². The molecule has 2 aromatic rings. The lowest BCUT2D eigenvalue weighted by molar-refractivity contribution is 0.223. The van der Waals surface area contributed by atoms with Crippen LogP contribution in [0.25, 0.3) is 5.65 Å². The summed E-state index contributed by atoms with van der Waals surface area (Å²) in [5.74, 6) is 0.751. The quantitative estimate of drug-likeness (QED) is 0.859. The Morgan fingerprint density at radius 2 is 2.20 bits per heavy atom. The van der Waals surface area contributed by atoms with Gasteiger partial charge in [0.2, 0.25) is 0 Å². The average molecular weight is 276 g/mol. The number of fused-ring (bicyclic) bond motifs is 1. The van der Waals surface area contributed by atoms with Crippen LogP contribution in [-0.2, 0) is 0 Å². The number of H-pyrrole nitrogens is 1. The molecule has 20 heavy (non-hydrogen) atoms. The number of nitrogens with zero attached hydrogens (tertiary/aromatic N) is 4. The summed E-state index contributed by atoms with van der Waals surface area (Å²) in [7, 11) is 0. The van der Waals surface area contributed by atoms with Crippen molar-refractivity contribution in [2.45, 2.75) is 32.2 Å². The molecule has 7 nitrogen and oxygen atoms in total. The van der Waals surface area contributed by atoms with Gasteiger partial charge in [-0.05, 0) is 32.9 Å². The first-order valence-corrected chi connectivity index (χ1v) is 7.14. The Balaban J connectivity index is 1.64. The Bertz CT molecular complexity index is 627. The summed E-state index contributed by atoms with van der Waals surface area (Å²) in [6.45, 7) is 5.54. The summed E-state index contributed by atoms with van der Waals surface area (Å²) in [6.07, 6.45) is 5.45. The third-order valence-corrected chi connectivity index (χ3v) is 3.68. The van der Waals surface area contributed by atoms with Gasteiger partial charge in [0.15, 0.2) is 5.65 Å². The van der Waals surface area contributed by atoms with Crippen LogP contribution in [0.2, 0.25) is 0 Å². The van der Waals surface area contributed by atoms with E-state index in [1.165, 1.54) is 43.1 Å². The Morgan fingerprint density at radius 1 is 1.40 bits per heavy atom. The van der Waals surface area contributed by atoms with E-state index in [0.29, 0.717) is 11.7 Å². The van der Waals surface area contributed by atoms with E-state index in [-0.39, 0.29) is 5.69 Å². The molecule has 0 aliphatic carbocycles. The fourth-order valence-corrected chi connectivity index (χ4v) is 2.72. The molecule has 1 saturated heterocycles. The Hall–Kier alpha value is -1.89. The van der Waals surface area contributed by atoms with E-state index in [1.807, 2.05) is 0 Å². The van der Waals surface area contributed by atoms with Crippen LogP contribution in [0.3, 0.4) is 0 Å². The number of likely N-dealkylation sites (tertiary alicyclic amines) is 1. The maximum absolute atomic E-state index is 11.4. The summed E-state index contributed by atoms with van der Waals surface area (Å²) >= 11 is 0. The number of rotatable bonds is 4. The Kier molecular flexibility index (Phi) is 3.68. The molecular formula is C13H20N6O. The van der Waals surface area contributed by atoms with E-state index < -0.39 is 0 Å². The smallest absolute Gasteiger partial charge is 0.348 e. The molecule has 1 aliphatic heterocycles. The van der Waals surface area contributed by atoms with Gasteiger partial charge in [-0.1, -0.05) is 6.42 Å². The molecule has 1 atom stereocenters. The van der Waals surface area contributed by atoms with Crippen LogP contribution in [0.1, 0.15) is 26.2 Å². The maximum Gasteiger partial charge on any atom is 0.348 e. The van der Waals surface area contributed by atoms with Crippen molar-refractivity contribution in [3.8, 4) is 0 Å². The SMILES string of the molecule is CC(CN1CCCCC1)Nc1cc2n[nH]c(=O)n2cn1. The van der Waals surface area contributed by atoms with Crippen molar-refractivity contribution < 1.29 is 0 Å². The summed E-state index contributed by atoms with van der Waals surface area (Å²) < 4.78 is 1.39. The molecule has 0 saturated carbocycles. The van der Waals surface area contributed by atoms with Crippen molar-refractivity contribution in [3.05, 3.63) is 22.9 Å². The number of hydrogen-bond donors (Lipinski definition) is 2. The molecule has 0 aromatic carbocycles. The third-order valence-electron chi connectivity index (χ3n) is 3.68. The minimum absolute atomic E-state index is 0.264. The number of hydrogen-bond acceptors (Lipinski definition) is 5. The van der Waals surface area contributed by atoms with Gasteiger partial charge in [0.25, 0.3) is 0 Å². The normalized spacial score (nSPS) is 18.2. The molecule has 0 spiro atoms. The number of nitrogens with one attached hydrogen (secondary N) is 2. The second-order valence-electron chi connectivity index (χ2n) is 5.44. The summed E-state index contributed by atoms with van der Waals surface area (Å²) in [4.78, 5) is 18.1. The molecule has 2 aromatic heterocycles. The van der Waals surface area contributed by atoms with E-state index >= 15 is 0 Å². The molecule has 0 radical (unpaired) electrons. The lowest BCUT2D eigenvalue weighted by Gasteiger charge is -2.29. The fraction of sp³-hybridized carbons (Fsp3) is 0.615. The number of aromatic nitrogens is 4. The second-order valence-corrected chi connectivity index (χ2v) is 5.44. The van der Waals surface area contributed by atoms with Gasteiger partial charge in [0.05, 0.1) is 0 Å². The largest absolute Gasteiger partial charge is 0.366 e. The van der Waals surface area contributed by atoms with Gasteiger partial charge in [0, 0.05) is 18.7 Å². The monoisotopic (exact) mass is 276 g/mol. The molecule has 1 fully saturated rings. The molecule has 1 aliphatic rings. The molecule has 1 unspecified atom stereocenters. The standard InChI is InChI=1S/C13H20N6O/c1-10(8-18-5-3-2-4-6-18)15-11-7-12-16-17-13(20)19(12)9-14-11/h7,9-10,15H,2-6,8H2,1H3,(H,17,20). The van der Waals surface area contributed by atoms with E-state index in [0.717, 1.165) is 12.4 Å². The van der Waals surface area contributed by atoms with Gasteiger partial charge in [-0.25, -0.2) is 19.3 Å². The number of aromatic amines is 1. The fourth-order valence-electron chi connectivity index (χ4n) is 2.72. The maximum atomic E-state index is 11.4. The van der Waals surface area contributed by atoms with Crippen LogP contribution < -0.4 is 11.0 Å². The molecule has 0 amide bonds. The van der Waals surface area contributed by atoms with Crippen LogP contribution in [0.4, 0.5) is 5.82 Å². The van der Waals surface area contributed by atoms with Gasteiger partial charge in [-0.3, -0.25) is 0 Å². The van der Waals surface area contributed by atoms with E-state index in [9.17, 15) is 4.79 Å². The zero-order chi connectivity index (χ0) is 13.9. The van der Waals surface area contributed by atoms with Crippen LogP contribution in [-0.4, -0.2) is 50.2 Å². The van der Waals surface area contributed by atoms with Crippen LogP contribution in [0.15, 0.2) is 17.2 Å². The molecule has 7 heteroatoms. The van der Waals surface area contributed by atoms with Crippen molar-refractivity contribution in [2.24, 2.45) is 0 Å². The Labute approximate surface area is 117 Å². The number of anilines is 1. The Morgan fingerprint density at radius 3 is 3.00 bits per heavy atom. The molecular weight excluding hydrogens is 256 g/mol. The lowest BCUT2D eigenvalue weighted by atomic mass is 10.1. The third kappa shape index (κ3) is 2.82. The topological polar surface area (TPSA) is 78.3 Å². The molecule has 2 N–H and O–H groups in total. The highest BCUT2D eigenvalue weighted by molar-refractivity contribution is 5.48. The van der Waals surface area contributed by atoms with Gasteiger partial charge in [-0.2, -0.15) is 5.10 Å². The first kappa shape index (κ1) is 13.1. The van der Waals surface area contributed by atoms with Crippen molar-refractivity contribution in [2.75, 3.05) is 25.0 Å². The molecule has 3 heterocycles. The van der Waals surface area contributed by atoms with Crippen LogP contribution in [0.5, 0.6) is 0 Å². The van der Waals surface area contributed by atoms with Crippen molar-refractivity contribution >= 4 is 11.5 Å². The van der Waals surface area contributed by atoms with E-state index in [1.54, 1.807) is 6.07 Å². The second kappa shape index (κ2) is 5.62. The van der Waals surface area contributed by atoms with Gasteiger partial charge >= 0.3 is 5.69 Å². The predicted octanol–water partition coefficient (Wildman–Crippen LogP) is 0.704. The van der Waals surface area contributed by atoms with E-state index in [4.69, 9.17) is 0 Å². The van der Waals surface area contributed by atoms with Crippen molar-refractivity contribution in [1.82, 2.24) is 24.5 Å². The summed E-state index contributed by atoms with van der Waals surface area (Å²) in [5, 5.41) is 9.71. The van der Waals surface area contributed by atoms with Crippen LogP contribution in [0, 0.1) is 0 Å². The highest BCUT2D eigenvalue weighted by atomic mass is 16.1. The lowest BCUT2D eigenvalue weighted by Crippen LogP contribution is -2.38. The molecule has 3 rings (SSSR count). The van der Waals surface area contributed by atoms with Crippen molar-refractivity contribution in [1.29, 1.82) is 0 Å². The minimum atomic E-state index is -0.264. The van der Waals surface area contributed by atoms with Gasteiger partial charge in [0.1, 0.15) is 12.1 Å². The first-order chi connectivity index (χ1) is 9.72. The van der Waals surface area contributed by atoms with Gasteiger partial charge < -0.3 is 10.2 Å². The summed E-state index contributed by atoms with van der Waals surface area (Å²) in [5.41, 5.74) is 0.318. The molecule has 0 bridgehead atoms. The zero-order valence-electron chi connectivity index (χ0n) is 11.7. The highest BCUT2D eigenvalue weighted by Crippen LogP contribution is 2.11. The van der Waals surface area contributed by atoms with E-state index in [2.05, 4.69) is 32.3 Å². The van der Waals surface area contributed by atoms with Crippen LogP contribution >= 0.6 is 0 Å². The summed E-state index contributed by atoms with van der Waals surface area (Å²) in [6, 6.07) is 2.10.